The summed E-state index contributed by atoms with van der Waals surface area (Å²) in [5.74, 6) is 0.214. The maximum Gasteiger partial charge on any atom is 0.317 e. The Bertz CT molecular complexity index is 799. The first kappa shape index (κ1) is 17.0. The minimum Gasteiger partial charge on any atom is -0.334 e. The highest BCUT2D eigenvalue weighted by atomic mass is 32.2. The standard InChI is InChI=1S/C15H20N4O3S2/c1-2-19(12-5-7-24(21,22)10-12)15(20)16-8-11-9-17-18-14(11)13-4-3-6-23-13/h3-4,6,9,12H,2,5,7-8,10H2,1H3,(H,16,20)(H,17,18)/t12-/m0/s1. The van der Waals surface area contributed by atoms with Gasteiger partial charge in [-0.25, -0.2) is 13.2 Å². The van der Waals surface area contributed by atoms with Crippen LogP contribution >= 0.6 is 11.3 Å². The van der Waals surface area contributed by atoms with E-state index in [1.165, 1.54) is 0 Å². The zero-order valence-corrected chi connectivity index (χ0v) is 15.0. The predicted molar refractivity (Wildman–Crippen MR) is 93.6 cm³/mol. The minimum absolute atomic E-state index is 0.0560. The van der Waals surface area contributed by atoms with Gasteiger partial charge in [0.25, 0.3) is 0 Å². The van der Waals surface area contributed by atoms with Crippen LogP contribution < -0.4 is 5.32 Å². The maximum atomic E-state index is 12.5. The lowest BCUT2D eigenvalue weighted by Crippen LogP contribution is -2.46. The molecule has 3 rings (SSSR count). The summed E-state index contributed by atoms with van der Waals surface area (Å²) in [6.45, 7) is 2.69. The number of hydrogen-bond donors (Lipinski definition) is 2. The molecule has 2 amide bonds. The van der Waals surface area contributed by atoms with E-state index in [1.807, 2.05) is 24.4 Å². The minimum atomic E-state index is -3.01. The van der Waals surface area contributed by atoms with Crippen molar-refractivity contribution in [3.8, 4) is 10.6 Å². The first-order chi connectivity index (χ1) is 11.5. The molecule has 24 heavy (non-hydrogen) atoms. The fourth-order valence-corrected chi connectivity index (χ4v) is 5.43. The molecular weight excluding hydrogens is 348 g/mol. The zero-order chi connectivity index (χ0) is 17.2. The average Bonchev–Trinajstić information content (AvgIpc) is 3.26. The highest BCUT2D eigenvalue weighted by Crippen LogP contribution is 2.25. The molecule has 3 heterocycles. The normalized spacial score (nSPS) is 19.3. The van der Waals surface area contributed by atoms with Gasteiger partial charge in [0.15, 0.2) is 9.84 Å². The molecule has 1 aliphatic heterocycles. The van der Waals surface area contributed by atoms with E-state index >= 15 is 0 Å². The lowest BCUT2D eigenvalue weighted by molar-refractivity contribution is 0.183. The predicted octanol–water partition coefficient (Wildman–Crippen LogP) is 1.86. The van der Waals surface area contributed by atoms with Gasteiger partial charge in [0, 0.05) is 24.7 Å². The number of aromatic nitrogens is 2. The second-order valence-electron chi connectivity index (χ2n) is 5.75. The van der Waals surface area contributed by atoms with Crippen LogP contribution in [0.3, 0.4) is 0 Å². The van der Waals surface area contributed by atoms with E-state index in [1.54, 1.807) is 22.4 Å². The summed E-state index contributed by atoms with van der Waals surface area (Å²) in [6, 6.07) is 3.48. The van der Waals surface area contributed by atoms with Crippen molar-refractivity contribution in [1.82, 2.24) is 20.4 Å². The van der Waals surface area contributed by atoms with Gasteiger partial charge in [-0.15, -0.1) is 11.3 Å². The van der Waals surface area contributed by atoms with Crippen molar-refractivity contribution in [2.45, 2.75) is 25.9 Å². The van der Waals surface area contributed by atoms with Crippen LogP contribution in [0.25, 0.3) is 10.6 Å². The van der Waals surface area contributed by atoms with Crippen molar-refractivity contribution in [2.24, 2.45) is 0 Å². The molecular formula is C15H20N4O3S2. The number of carbonyl (C=O) groups excluding carboxylic acids is 1. The van der Waals surface area contributed by atoms with E-state index in [4.69, 9.17) is 0 Å². The Kier molecular flexibility index (Phi) is 4.91. The largest absolute Gasteiger partial charge is 0.334 e. The molecule has 0 unspecified atom stereocenters. The first-order valence-electron chi connectivity index (χ1n) is 7.81. The van der Waals surface area contributed by atoms with Gasteiger partial charge >= 0.3 is 6.03 Å². The Labute approximate surface area is 145 Å². The van der Waals surface area contributed by atoms with Gasteiger partial charge in [0.2, 0.25) is 0 Å². The molecule has 0 aromatic carbocycles. The van der Waals surface area contributed by atoms with Gasteiger partial charge in [-0.3, -0.25) is 5.10 Å². The fraction of sp³-hybridized carbons (Fsp3) is 0.467. The van der Waals surface area contributed by atoms with Crippen LogP contribution in [-0.2, 0) is 16.4 Å². The molecule has 2 N–H and O–H groups in total. The molecule has 7 nitrogen and oxygen atoms in total. The van der Waals surface area contributed by atoms with E-state index in [-0.39, 0.29) is 23.6 Å². The number of carbonyl (C=O) groups is 1. The fourth-order valence-electron chi connectivity index (χ4n) is 2.94. The Morgan fingerprint density at radius 2 is 2.38 bits per heavy atom. The van der Waals surface area contributed by atoms with Crippen molar-refractivity contribution in [1.29, 1.82) is 0 Å². The quantitative estimate of drug-likeness (QED) is 0.842. The van der Waals surface area contributed by atoms with E-state index in [0.717, 1.165) is 16.1 Å². The Morgan fingerprint density at radius 1 is 1.54 bits per heavy atom. The average molecular weight is 368 g/mol. The molecule has 130 valence electrons. The number of nitrogens with zero attached hydrogens (tertiary/aromatic N) is 2. The second kappa shape index (κ2) is 6.94. The number of urea groups is 1. The smallest absolute Gasteiger partial charge is 0.317 e. The molecule has 0 bridgehead atoms. The molecule has 9 heteroatoms. The summed E-state index contributed by atoms with van der Waals surface area (Å²) in [4.78, 5) is 15.1. The summed E-state index contributed by atoms with van der Waals surface area (Å²) in [5.41, 5.74) is 1.80. The molecule has 2 aromatic heterocycles. The van der Waals surface area contributed by atoms with Gasteiger partial charge in [0.05, 0.1) is 28.3 Å². The maximum absolute atomic E-state index is 12.5. The number of H-pyrrole nitrogens is 1. The van der Waals surface area contributed by atoms with Crippen LogP contribution in [0.15, 0.2) is 23.7 Å². The number of hydrogen-bond acceptors (Lipinski definition) is 5. The van der Waals surface area contributed by atoms with E-state index in [9.17, 15) is 13.2 Å². The third-order valence-electron chi connectivity index (χ3n) is 4.17. The Hall–Kier alpha value is -1.87. The molecule has 2 aromatic rings. The summed E-state index contributed by atoms with van der Waals surface area (Å²) in [7, 11) is -3.01. The molecule has 0 aliphatic carbocycles. The molecule has 0 spiro atoms. The Balaban J connectivity index is 1.64. The third-order valence-corrected chi connectivity index (χ3v) is 6.80. The monoisotopic (exact) mass is 368 g/mol. The van der Waals surface area contributed by atoms with Crippen LogP contribution in [0.5, 0.6) is 0 Å². The Morgan fingerprint density at radius 3 is 3.00 bits per heavy atom. The van der Waals surface area contributed by atoms with Crippen molar-refractivity contribution >= 4 is 27.2 Å². The van der Waals surface area contributed by atoms with Crippen molar-refractivity contribution in [3.05, 3.63) is 29.3 Å². The van der Waals surface area contributed by atoms with Crippen molar-refractivity contribution < 1.29 is 13.2 Å². The summed E-state index contributed by atoms with van der Waals surface area (Å²) in [5, 5.41) is 11.9. The van der Waals surface area contributed by atoms with Gasteiger partial charge in [0.1, 0.15) is 0 Å². The van der Waals surface area contributed by atoms with Gasteiger partial charge in [-0.1, -0.05) is 6.07 Å². The molecule has 1 atom stereocenters. The van der Waals surface area contributed by atoms with Gasteiger partial charge < -0.3 is 10.2 Å². The number of rotatable bonds is 5. The van der Waals surface area contributed by atoms with Gasteiger partial charge in [-0.05, 0) is 24.8 Å². The van der Waals surface area contributed by atoms with Crippen molar-refractivity contribution in [3.63, 3.8) is 0 Å². The molecule has 0 radical (unpaired) electrons. The van der Waals surface area contributed by atoms with Crippen LogP contribution in [0.2, 0.25) is 0 Å². The van der Waals surface area contributed by atoms with E-state index in [0.29, 0.717) is 19.5 Å². The van der Waals surface area contributed by atoms with Crippen LogP contribution in [0, 0.1) is 0 Å². The number of nitrogens with one attached hydrogen (secondary N) is 2. The summed E-state index contributed by atoms with van der Waals surface area (Å²) >= 11 is 1.60. The zero-order valence-electron chi connectivity index (χ0n) is 13.4. The topological polar surface area (TPSA) is 95.2 Å². The number of thiophene rings is 1. The van der Waals surface area contributed by atoms with Crippen molar-refractivity contribution in [2.75, 3.05) is 18.1 Å². The summed E-state index contributed by atoms with van der Waals surface area (Å²) in [6.07, 6.45) is 2.21. The molecule has 1 fully saturated rings. The van der Waals surface area contributed by atoms with E-state index < -0.39 is 9.84 Å². The third kappa shape index (κ3) is 3.62. The molecule has 0 saturated carbocycles. The van der Waals surface area contributed by atoms with Gasteiger partial charge in [-0.2, -0.15) is 5.10 Å². The lowest BCUT2D eigenvalue weighted by atomic mass is 10.2. The molecule has 1 saturated heterocycles. The molecule has 1 aliphatic rings. The SMILES string of the molecule is CCN(C(=O)NCc1cn[nH]c1-c1cccs1)[C@H]1CCS(=O)(=O)C1. The highest BCUT2D eigenvalue weighted by molar-refractivity contribution is 7.91. The first-order valence-corrected chi connectivity index (χ1v) is 10.5. The number of amides is 2. The van der Waals surface area contributed by atoms with Crippen LogP contribution in [0.1, 0.15) is 18.9 Å². The highest BCUT2D eigenvalue weighted by Gasteiger charge is 2.33. The number of sulfone groups is 1. The van der Waals surface area contributed by atoms with Crippen LogP contribution in [0.4, 0.5) is 4.79 Å². The second-order valence-corrected chi connectivity index (χ2v) is 8.93. The lowest BCUT2D eigenvalue weighted by Gasteiger charge is -2.27. The van der Waals surface area contributed by atoms with Crippen LogP contribution in [-0.4, -0.2) is 53.6 Å². The number of aromatic amines is 1. The summed E-state index contributed by atoms with van der Waals surface area (Å²) < 4.78 is 23.3. The van der Waals surface area contributed by atoms with E-state index in [2.05, 4.69) is 15.5 Å².